The number of benzene rings is 8. The van der Waals surface area contributed by atoms with Gasteiger partial charge in [-0.25, -0.2) is 0 Å². The number of nitrogens with zero attached hydrogens (tertiary/aromatic N) is 2. The Morgan fingerprint density at radius 3 is 1.14 bits per heavy atom. The van der Waals surface area contributed by atoms with Gasteiger partial charge < -0.3 is 9.80 Å². The molecule has 0 atom stereocenters. The molecule has 0 unspecified atom stereocenters. The third-order valence-electron chi connectivity index (χ3n) is 14.5. The maximum absolute atomic E-state index is 2.84. The first-order chi connectivity index (χ1) is 30.3. The quantitative estimate of drug-likeness (QED) is 0.163. The molecule has 63 heavy (non-hydrogen) atoms. The lowest BCUT2D eigenvalue weighted by atomic mass is 9.72. The molecule has 8 aromatic rings. The van der Waals surface area contributed by atoms with Crippen molar-refractivity contribution in [3.8, 4) is 0 Å². The van der Waals surface area contributed by atoms with Gasteiger partial charge in [0.1, 0.15) is 0 Å². The molecule has 0 fully saturated rings. The maximum Gasteiger partial charge on any atom is 0.184 e. The summed E-state index contributed by atoms with van der Waals surface area (Å²) in [5.41, 5.74) is 17.9. The van der Waals surface area contributed by atoms with Gasteiger partial charge in [0.2, 0.25) is 0 Å². The van der Waals surface area contributed by atoms with E-state index < -0.39 is 8.07 Å². The zero-order chi connectivity index (χ0) is 43.2. The number of aryl methyl sites for hydroxylation is 4. The minimum Gasteiger partial charge on any atom is -0.310 e. The second kappa shape index (κ2) is 13.6. The molecule has 8 aromatic carbocycles. The summed E-state index contributed by atoms with van der Waals surface area (Å²) in [7, 11) is -2.84. The summed E-state index contributed by atoms with van der Waals surface area (Å²) < 4.78 is 0. The summed E-state index contributed by atoms with van der Waals surface area (Å²) in [4.78, 5) is 10.5. The second-order valence-electron chi connectivity index (χ2n) is 19.3. The Morgan fingerprint density at radius 2 is 0.762 bits per heavy atom. The smallest absolute Gasteiger partial charge is 0.184 e. The van der Waals surface area contributed by atoms with Crippen molar-refractivity contribution in [2.24, 2.45) is 0 Å². The number of fused-ring (bicyclic) bond motifs is 8. The molecule has 0 saturated heterocycles. The van der Waals surface area contributed by atoms with Crippen LogP contribution in [0.25, 0.3) is 0 Å². The van der Waals surface area contributed by atoms with E-state index >= 15 is 0 Å². The molecule has 4 heterocycles. The molecule has 0 saturated carbocycles. The fraction of sp³-hybridized carbons (Fsp3) is 0.172. The number of hydrogen-bond donors (Lipinski definition) is 0. The molecule has 0 amide bonds. The van der Waals surface area contributed by atoms with Crippen LogP contribution in [-0.4, -0.2) is 8.07 Å². The number of anilines is 6. The van der Waals surface area contributed by atoms with E-state index in [2.05, 4.69) is 223 Å². The normalized spacial score (nSPS) is 16.4. The first-order valence-corrected chi connectivity index (χ1v) is 25.9. The SMILES string of the molecule is Cc1ccc2c(c1)C(C)(C)c1cc(C)ccc1N2c1ccc2c(c1)Sc1cccc3c1[Si]2(c1ccccc1)c1ccc(N2c4ccc(C)cc4C(C)(C)c4cc(C)ccc42)cc1S3. The van der Waals surface area contributed by atoms with Crippen molar-refractivity contribution >= 4 is 86.5 Å². The predicted molar refractivity (Wildman–Crippen MR) is 271 cm³/mol. The third-order valence-corrected chi connectivity index (χ3v) is 22.5. The monoisotopic (exact) mass is 866 g/mol. The van der Waals surface area contributed by atoms with Gasteiger partial charge in [0, 0.05) is 41.8 Å². The van der Waals surface area contributed by atoms with Crippen LogP contribution in [0.4, 0.5) is 34.1 Å². The summed E-state index contributed by atoms with van der Waals surface area (Å²) in [6.07, 6.45) is 0. The summed E-state index contributed by atoms with van der Waals surface area (Å²) in [6, 6.07) is 61.6. The molecule has 0 aromatic heterocycles. The van der Waals surface area contributed by atoms with Gasteiger partial charge in [-0.1, -0.05) is 171 Å². The molecule has 12 rings (SSSR count). The van der Waals surface area contributed by atoms with E-state index in [1.807, 2.05) is 23.5 Å². The average Bonchev–Trinajstić information content (AvgIpc) is 3.27. The molecule has 4 aliphatic rings. The van der Waals surface area contributed by atoms with E-state index in [9.17, 15) is 0 Å². The van der Waals surface area contributed by atoms with Crippen LogP contribution < -0.4 is 30.5 Å². The minimum atomic E-state index is -2.84. The van der Waals surface area contributed by atoms with Gasteiger partial charge in [0.05, 0.1) is 22.7 Å². The van der Waals surface area contributed by atoms with Crippen LogP contribution >= 0.6 is 23.5 Å². The summed E-state index contributed by atoms with van der Waals surface area (Å²) in [6.45, 7) is 18.4. The lowest BCUT2D eigenvalue weighted by Crippen LogP contribution is -2.78. The van der Waals surface area contributed by atoms with Crippen LogP contribution in [0.2, 0.25) is 0 Å². The molecule has 5 heteroatoms. The summed E-state index contributed by atoms with van der Waals surface area (Å²) in [5.74, 6) is 0. The second-order valence-corrected chi connectivity index (χ2v) is 25.1. The molecule has 0 radical (unpaired) electrons. The summed E-state index contributed by atoms with van der Waals surface area (Å²) in [5, 5.41) is 5.92. The van der Waals surface area contributed by atoms with E-state index in [-0.39, 0.29) is 10.8 Å². The third kappa shape index (κ3) is 5.46. The topological polar surface area (TPSA) is 6.48 Å². The number of rotatable bonds is 3. The van der Waals surface area contributed by atoms with Crippen molar-refractivity contribution in [3.05, 3.63) is 202 Å². The Hall–Kier alpha value is -5.72. The Labute approximate surface area is 382 Å². The van der Waals surface area contributed by atoms with Crippen molar-refractivity contribution < 1.29 is 0 Å². The Kier molecular flexibility index (Phi) is 8.43. The Morgan fingerprint density at radius 1 is 0.381 bits per heavy atom. The van der Waals surface area contributed by atoms with Crippen LogP contribution in [0, 0.1) is 27.7 Å². The van der Waals surface area contributed by atoms with Crippen LogP contribution in [-0.2, 0) is 10.8 Å². The average molecular weight is 867 g/mol. The van der Waals surface area contributed by atoms with Gasteiger partial charge in [-0.05, 0) is 131 Å². The van der Waals surface area contributed by atoms with Crippen molar-refractivity contribution in [2.75, 3.05) is 9.80 Å². The first-order valence-electron chi connectivity index (χ1n) is 22.2. The molecule has 0 N–H and O–H groups in total. The van der Waals surface area contributed by atoms with Crippen molar-refractivity contribution in [2.45, 2.75) is 85.8 Å². The van der Waals surface area contributed by atoms with Gasteiger partial charge in [-0.2, -0.15) is 0 Å². The highest BCUT2D eigenvalue weighted by molar-refractivity contribution is 8.01. The molecule has 308 valence electrons. The predicted octanol–water partition coefficient (Wildman–Crippen LogP) is 13.4. The van der Waals surface area contributed by atoms with E-state index in [0.29, 0.717) is 0 Å². The van der Waals surface area contributed by atoms with E-state index in [0.717, 1.165) is 0 Å². The minimum absolute atomic E-state index is 0.128. The highest BCUT2D eigenvalue weighted by atomic mass is 32.2. The maximum atomic E-state index is 2.54. The largest absolute Gasteiger partial charge is 0.310 e. The molecule has 0 aliphatic carbocycles. The fourth-order valence-electron chi connectivity index (χ4n) is 11.4. The van der Waals surface area contributed by atoms with Gasteiger partial charge in [0.25, 0.3) is 0 Å². The summed E-state index contributed by atoms with van der Waals surface area (Å²) >= 11 is 3.92. The highest BCUT2D eigenvalue weighted by Crippen LogP contribution is 2.55. The number of hydrogen-bond acceptors (Lipinski definition) is 4. The first kappa shape index (κ1) is 38.9. The zero-order valence-electron chi connectivity index (χ0n) is 37.2. The van der Waals surface area contributed by atoms with E-state index in [1.165, 1.54) is 119 Å². The standard InChI is InChI=1S/C58H50N2S2Si/c1-35-17-23-46-42(29-35)57(5,6)43-30-36(2)18-24-47(43)59(46)39-21-27-54-52(33-39)61-50-15-12-16-51-56(50)63(54,41-13-10-9-11-14-41)55-28-22-40(34-53(55)62-51)60-48-25-19-37(3)31-44(48)58(7,8)45-32-38(4)20-26-49(45)60/h9-34H,1-8H3. The van der Waals surface area contributed by atoms with Gasteiger partial charge >= 0.3 is 0 Å². The van der Waals surface area contributed by atoms with E-state index in [1.54, 1.807) is 0 Å². The fourth-order valence-corrected chi connectivity index (χ4v) is 20.7. The molecule has 2 nitrogen and oxygen atoms in total. The molecule has 4 aliphatic heterocycles. The van der Waals surface area contributed by atoms with Crippen LogP contribution in [0.5, 0.6) is 0 Å². The van der Waals surface area contributed by atoms with Crippen LogP contribution in [0.3, 0.4) is 0 Å². The lowest BCUT2D eigenvalue weighted by molar-refractivity contribution is 0.630. The molecule has 0 spiro atoms. The Bertz CT molecular complexity index is 2950. The van der Waals surface area contributed by atoms with Gasteiger partial charge in [-0.15, -0.1) is 0 Å². The molecule has 0 bridgehead atoms. The Balaban J connectivity index is 1.08. The molecular weight excluding hydrogens is 817 g/mol. The van der Waals surface area contributed by atoms with E-state index in [4.69, 9.17) is 0 Å². The van der Waals surface area contributed by atoms with Crippen molar-refractivity contribution in [3.63, 3.8) is 0 Å². The van der Waals surface area contributed by atoms with Gasteiger partial charge in [-0.3, -0.25) is 0 Å². The van der Waals surface area contributed by atoms with Gasteiger partial charge in [0.15, 0.2) is 8.07 Å². The zero-order valence-corrected chi connectivity index (χ0v) is 39.9. The molecular formula is C58H50N2S2Si. The lowest BCUT2D eigenvalue weighted by Gasteiger charge is -2.46. The van der Waals surface area contributed by atoms with Crippen LogP contribution in [0.15, 0.2) is 177 Å². The highest BCUT2D eigenvalue weighted by Gasteiger charge is 2.52. The van der Waals surface area contributed by atoms with Crippen LogP contribution in [0.1, 0.15) is 72.2 Å². The van der Waals surface area contributed by atoms with Crippen molar-refractivity contribution in [1.29, 1.82) is 0 Å². The van der Waals surface area contributed by atoms with Crippen molar-refractivity contribution in [1.82, 2.24) is 0 Å².